The predicted molar refractivity (Wildman–Crippen MR) is 125 cm³/mol. The molecular formula is C22H29BrClN3O. The Morgan fingerprint density at radius 1 is 1.04 bits per heavy atom. The number of carbonyl (C=O) groups excluding carboxylic acids is 1. The number of anilines is 3. The second kappa shape index (κ2) is 10.2. The Balaban J connectivity index is 2.31. The fraction of sp³-hybridized carbons (Fsp3) is 0.409. The summed E-state index contributed by atoms with van der Waals surface area (Å²) < 4.78 is 0.820. The van der Waals surface area contributed by atoms with E-state index in [2.05, 4.69) is 59.2 Å². The maximum atomic E-state index is 12.6. The van der Waals surface area contributed by atoms with Crippen molar-refractivity contribution in [3.05, 3.63) is 51.5 Å². The van der Waals surface area contributed by atoms with Crippen LogP contribution in [0.5, 0.6) is 0 Å². The van der Waals surface area contributed by atoms with Crippen LogP contribution in [0.2, 0.25) is 5.02 Å². The highest BCUT2D eigenvalue weighted by Crippen LogP contribution is 2.38. The van der Waals surface area contributed by atoms with Gasteiger partial charge in [0.15, 0.2) is 0 Å². The standard InChI is InChI=1S/C22H29BrClN3O/c1-14(2)12-27(13-15(3)4)21-19(24)10-17(23)11-20(21)26-22(28)25-18-8-6-16(5)7-9-18/h6-11,14-15H,12-13H2,1-5H3,(H2,25,26,28). The number of carbonyl (C=O) groups is 1. The molecule has 0 aliphatic carbocycles. The summed E-state index contributed by atoms with van der Waals surface area (Å²) in [7, 11) is 0. The minimum absolute atomic E-state index is 0.298. The van der Waals surface area contributed by atoms with E-state index >= 15 is 0 Å². The molecule has 152 valence electrons. The van der Waals surface area contributed by atoms with Crippen LogP contribution in [-0.4, -0.2) is 19.1 Å². The van der Waals surface area contributed by atoms with Crippen molar-refractivity contribution in [2.75, 3.05) is 28.6 Å². The first-order chi connectivity index (χ1) is 13.2. The zero-order valence-corrected chi connectivity index (χ0v) is 19.5. The molecule has 0 saturated heterocycles. The molecule has 0 bridgehead atoms. The lowest BCUT2D eigenvalue weighted by atomic mass is 10.1. The number of amides is 2. The quantitative estimate of drug-likeness (QED) is 0.454. The topological polar surface area (TPSA) is 44.4 Å². The highest BCUT2D eigenvalue weighted by molar-refractivity contribution is 9.10. The molecule has 2 aromatic rings. The van der Waals surface area contributed by atoms with Crippen LogP contribution in [0.4, 0.5) is 21.9 Å². The van der Waals surface area contributed by atoms with Gasteiger partial charge in [-0.2, -0.15) is 0 Å². The summed E-state index contributed by atoms with van der Waals surface area (Å²) >= 11 is 10.1. The Bertz CT molecular complexity index is 796. The third kappa shape index (κ3) is 6.71. The lowest BCUT2D eigenvalue weighted by Gasteiger charge is -2.31. The van der Waals surface area contributed by atoms with Crippen LogP contribution in [0.3, 0.4) is 0 Å². The fourth-order valence-electron chi connectivity index (χ4n) is 3.04. The lowest BCUT2D eigenvalue weighted by Crippen LogP contribution is -2.33. The van der Waals surface area contributed by atoms with Gasteiger partial charge < -0.3 is 15.5 Å². The number of aryl methyl sites for hydroxylation is 1. The second-order valence-corrected chi connectivity index (χ2v) is 9.24. The molecule has 0 aliphatic rings. The number of halogens is 2. The van der Waals surface area contributed by atoms with E-state index in [4.69, 9.17) is 11.6 Å². The van der Waals surface area contributed by atoms with Crippen molar-refractivity contribution in [3.8, 4) is 0 Å². The van der Waals surface area contributed by atoms with E-state index in [-0.39, 0.29) is 6.03 Å². The van der Waals surface area contributed by atoms with Crippen LogP contribution in [0.25, 0.3) is 0 Å². The molecule has 2 rings (SSSR count). The van der Waals surface area contributed by atoms with E-state index in [9.17, 15) is 4.79 Å². The lowest BCUT2D eigenvalue weighted by molar-refractivity contribution is 0.262. The molecule has 6 heteroatoms. The number of nitrogens with one attached hydrogen (secondary N) is 2. The largest absolute Gasteiger partial charge is 0.368 e. The summed E-state index contributed by atoms with van der Waals surface area (Å²) in [4.78, 5) is 14.9. The maximum Gasteiger partial charge on any atom is 0.323 e. The van der Waals surface area contributed by atoms with Gasteiger partial charge in [-0.15, -0.1) is 0 Å². The predicted octanol–water partition coefficient (Wildman–Crippen LogP) is 7.17. The van der Waals surface area contributed by atoms with Crippen LogP contribution in [0.15, 0.2) is 40.9 Å². The number of benzene rings is 2. The molecule has 2 aromatic carbocycles. The van der Waals surface area contributed by atoms with Crippen molar-refractivity contribution in [1.82, 2.24) is 0 Å². The number of hydrogen-bond donors (Lipinski definition) is 2. The van der Waals surface area contributed by atoms with Crippen LogP contribution >= 0.6 is 27.5 Å². The molecular weight excluding hydrogens is 438 g/mol. The van der Waals surface area contributed by atoms with Crippen molar-refractivity contribution in [2.45, 2.75) is 34.6 Å². The van der Waals surface area contributed by atoms with E-state index in [0.29, 0.717) is 22.5 Å². The van der Waals surface area contributed by atoms with Gasteiger partial charge in [0.25, 0.3) is 0 Å². The Kier molecular flexibility index (Phi) is 8.20. The first kappa shape index (κ1) is 22.6. The van der Waals surface area contributed by atoms with E-state index < -0.39 is 0 Å². The molecule has 0 saturated carbocycles. The summed E-state index contributed by atoms with van der Waals surface area (Å²) in [5, 5.41) is 6.47. The molecule has 28 heavy (non-hydrogen) atoms. The van der Waals surface area contributed by atoms with Gasteiger partial charge in [0.1, 0.15) is 0 Å². The summed E-state index contributed by atoms with van der Waals surface area (Å²) in [5.41, 5.74) is 3.42. The normalized spacial score (nSPS) is 11.0. The fourth-order valence-corrected chi connectivity index (χ4v) is 3.97. The summed E-state index contributed by atoms with van der Waals surface area (Å²) in [5.74, 6) is 0.931. The molecule has 4 nitrogen and oxygen atoms in total. The van der Waals surface area contributed by atoms with Crippen LogP contribution in [0.1, 0.15) is 33.3 Å². The van der Waals surface area contributed by atoms with Crippen molar-refractivity contribution < 1.29 is 4.79 Å². The first-order valence-corrected chi connectivity index (χ1v) is 10.7. The minimum Gasteiger partial charge on any atom is -0.368 e. The van der Waals surface area contributed by atoms with Gasteiger partial charge in [0, 0.05) is 23.2 Å². The maximum absolute atomic E-state index is 12.6. The molecule has 0 unspecified atom stereocenters. The Hall–Kier alpha value is -1.72. The van der Waals surface area contributed by atoms with Gasteiger partial charge in [-0.3, -0.25) is 0 Å². The Morgan fingerprint density at radius 3 is 2.14 bits per heavy atom. The smallest absolute Gasteiger partial charge is 0.323 e. The Morgan fingerprint density at radius 2 is 1.61 bits per heavy atom. The van der Waals surface area contributed by atoms with Crippen molar-refractivity contribution >= 4 is 50.6 Å². The van der Waals surface area contributed by atoms with Crippen molar-refractivity contribution in [3.63, 3.8) is 0 Å². The van der Waals surface area contributed by atoms with E-state index in [1.807, 2.05) is 43.3 Å². The van der Waals surface area contributed by atoms with Gasteiger partial charge in [-0.1, -0.05) is 72.9 Å². The number of rotatable bonds is 7. The zero-order chi connectivity index (χ0) is 20.8. The molecule has 0 aliphatic heterocycles. The van der Waals surface area contributed by atoms with E-state index in [1.54, 1.807) is 0 Å². The minimum atomic E-state index is -0.298. The second-order valence-electron chi connectivity index (χ2n) is 7.92. The molecule has 2 N–H and O–H groups in total. The summed E-state index contributed by atoms with van der Waals surface area (Å²) in [6.45, 7) is 12.4. The van der Waals surface area contributed by atoms with E-state index in [1.165, 1.54) is 0 Å². The monoisotopic (exact) mass is 465 g/mol. The van der Waals surface area contributed by atoms with Crippen LogP contribution < -0.4 is 15.5 Å². The van der Waals surface area contributed by atoms with Gasteiger partial charge >= 0.3 is 6.03 Å². The molecule has 0 radical (unpaired) electrons. The molecule has 0 aromatic heterocycles. The third-order valence-electron chi connectivity index (χ3n) is 4.07. The zero-order valence-electron chi connectivity index (χ0n) is 17.1. The number of nitrogens with zero attached hydrogens (tertiary/aromatic N) is 1. The molecule has 0 fully saturated rings. The summed E-state index contributed by atoms with van der Waals surface area (Å²) in [6.07, 6.45) is 0. The van der Waals surface area contributed by atoms with Gasteiger partial charge in [0.2, 0.25) is 0 Å². The van der Waals surface area contributed by atoms with E-state index in [0.717, 1.165) is 34.5 Å². The third-order valence-corrected chi connectivity index (χ3v) is 4.82. The van der Waals surface area contributed by atoms with Gasteiger partial charge in [-0.05, 0) is 43.0 Å². The number of hydrogen-bond acceptors (Lipinski definition) is 2. The highest BCUT2D eigenvalue weighted by atomic mass is 79.9. The Labute approximate surface area is 181 Å². The van der Waals surface area contributed by atoms with Crippen molar-refractivity contribution in [2.24, 2.45) is 11.8 Å². The average Bonchev–Trinajstić information content (AvgIpc) is 2.55. The van der Waals surface area contributed by atoms with Crippen molar-refractivity contribution in [1.29, 1.82) is 0 Å². The molecule has 0 spiro atoms. The van der Waals surface area contributed by atoms with Gasteiger partial charge in [0.05, 0.1) is 16.4 Å². The highest BCUT2D eigenvalue weighted by Gasteiger charge is 2.20. The number of urea groups is 1. The SMILES string of the molecule is Cc1ccc(NC(=O)Nc2cc(Br)cc(Cl)c2N(CC(C)C)CC(C)C)cc1. The van der Waals surface area contributed by atoms with Gasteiger partial charge in [-0.25, -0.2) is 4.79 Å². The first-order valence-electron chi connectivity index (χ1n) is 9.54. The van der Waals surface area contributed by atoms with Crippen LogP contribution in [-0.2, 0) is 0 Å². The molecule has 0 atom stereocenters. The average molecular weight is 467 g/mol. The van der Waals surface area contributed by atoms with Crippen LogP contribution in [0, 0.1) is 18.8 Å². The summed E-state index contributed by atoms with van der Waals surface area (Å²) in [6, 6.07) is 11.2. The molecule has 2 amide bonds. The molecule has 0 heterocycles.